The van der Waals surface area contributed by atoms with Gasteiger partial charge in [0, 0.05) is 22.7 Å². The minimum atomic E-state index is 0.677. The van der Waals surface area contributed by atoms with Gasteiger partial charge in [-0.2, -0.15) is 5.26 Å². The third-order valence-electron chi connectivity index (χ3n) is 2.97. The molecule has 0 bridgehead atoms. The van der Waals surface area contributed by atoms with Crippen molar-refractivity contribution in [1.29, 1.82) is 5.26 Å². The van der Waals surface area contributed by atoms with Crippen LogP contribution in [-0.2, 0) is 0 Å². The summed E-state index contributed by atoms with van der Waals surface area (Å²) in [6.45, 7) is 0. The van der Waals surface area contributed by atoms with Crippen LogP contribution < -0.4 is 0 Å². The van der Waals surface area contributed by atoms with Crippen LogP contribution in [0.1, 0.15) is 5.56 Å². The molecule has 0 fully saturated rings. The summed E-state index contributed by atoms with van der Waals surface area (Å²) in [7, 11) is 0. The Kier molecular flexibility index (Phi) is 2.51. The second kappa shape index (κ2) is 4.31. The molecule has 0 saturated carbocycles. The first-order chi connectivity index (χ1) is 8.90. The summed E-state index contributed by atoms with van der Waals surface area (Å²) in [5, 5.41) is 10.3. The normalized spacial score (nSPS) is 10.2. The Morgan fingerprint density at radius 3 is 2.50 bits per heavy atom. The highest BCUT2D eigenvalue weighted by Gasteiger charge is 2.08. The van der Waals surface area contributed by atoms with Gasteiger partial charge in [-0.1, -0.05) is 42.5 Å². The van der Waals surface area contributed by atoms with Gasteiger partial charge in [-0.15, -0.1) is 0 Å². The molecule has 0 radical (unpaired) electrons. The first-order valence-corrected chi connectivity index (χ1v) is 5.73. The van der Waals surface area contributed by atoms with E-state index in [-0.39, 0.29) is 0 Å². The molecular formula is C16H10N2. The molecule has 3 rings (SSSR count). The lowest BCUT2D eigenvalue weighted by molar-refractivity contribution is 1.41. The molecule has 0 amide bonds. The van der Waals surface area contributed by atoms with E-state index in [1.165, 1.54) is 0 Å². The van der Waals surface area contributed by atoms with Crippen LogP contribution in [0, 0.1) is 11.3 Å². The Bertz CT molecular complexity index is 749. The van der Waals surface area contributed by atoms with Gasteiger partial charge >= 0.3 is 0 Å². The van der Waals surface area contributed by atoms with Crippen molar-refractivity contribution in [3.63, 3.8) is 0 Å². The van der Waals surface area contributed by atoms with E-state index in [4.69, 9.17) is 0 Å². The lowest BCUT2D eigenvalue weighted by Gasteiger charge is -2.07. The predicted octanol–water partition coefficient (Wildman–Crippen LogP) is 3.77. The maximum absolute atomic E-state index is 9.18. The molecule has 0 saturated heterocycles. The van der Waals surface area contributed by atoms with Crippen molar-refractivity contribution in [3.05, 3.63) is 66.4 Å². The van der Waals surface area contributed by atoms with Crippen LogP contribution in [0.2, 0.25) is 0 Å². The van der Waals surface area contributed by atoms with E-state index in [9.17, 15) is 5.26 Å². The lowest BCUT2D eigenvalue weighted by Crippen LogP contribution is -1.87. The second-order valence-corrected chi connectivity index (χ2v) is 4.04. The van der Waals surface area contributed by atoms with Gasteiger partial charge in [-0.3, -0.25) is 4.98 Å². The minimum Gasteiger partial charge on any atom is -0.256 e. The average Bonchev–Trinajstić information content (AvgIpc) is 2.46. The summed E-state index contributed by atoms with van der Waals surface area (Å²) < 4.78 is 0. The van der Waals surface area contributed by atoms with E-state index in [0.717, 1.165) is 22.0 Å². The molecule has 84 valence electrons. The number of hydrogen-bond donors (Lipinski definition) is 0. The van der Waals surface area contributed by atoms with Crippen LogP contribution in [0.25, 0.3) is 22.0 Å². The van der Waals surface area contributed by atoms with Gasteiger partial charge in [0.05, 0.1) is 17.1 Å². The number of nitriles is 1. The third-order valence-corrected chi connectivity index (χ3v) is 2.97. The largest absolute Gasteiger partial charge is 0.256 e. The first-order valence-electron chi connectivity index (χ1n) is 5.73. The Labute approximate surface area is 105 Å². The molecule has 18 heavy (non-hydrogen) atoms. The van der Waals surface area contributed by atoms with Crippen LogP contribution in [0.3, 0.4) is 0 Å². The van der Waals surface area contributed by atoms with Crippen LogP contribution in [0.15, 0.2) is 60.8 Å². The van der Waals surface area contributed by atoms with E-state index in [0.29, 0.717) is 5.56 Å². The van der Waals surface area contributed by atoms with Gasteiger partial charge < -0.3 is 0 Å². The van der Waals surface area contributed by atoms with E-state index in [1.54, 1.807) is 6.20 Å². The summed E-state index contributed by atoms with van der Waals surface area (Å²) in [6, 6.07) is 19.8. The number of nitrogens with zero attached hydrogens (tertiary/aromatic N) is 2. The Hall–Kier alpha value is -2.66. The number of para-hydroxylation sites is 1. The van der Waals surface area contributed by atoms with Crippen molar-refractivity contribution in [2.75, 3.05) is 0 Å². The maximum Gasteiger partial charge on any atom is 0.0998 e. The molecule has 2 nitrogen and oxygen atoms in total. The summed E-state index contributed by atoms with van der Waals surface area (Å²) in [6.07, 6.45) is 1.78. The highest BCUT2D eigenvalue weighted by atomic mass is 14.6. The molecule has 2 heteroatoms. The van der Waals surface area contributed by atoms with Crippen LogP contribution >= 0.6 is 0 Å². The van der Waals surface area contributed by atoms with Crippen molar-refractivity contribution in [1.82, 2.24) is 4.98 Å². The fourth-order valence-corrected chi connectivity index (χ4v) is 2.14. The number of benzene rings is 2. The molecule has 0 unspecified atom stereocenters. The lowest BCUT2D eigenvalue weighted by atomic mass is 9.98. The zero-order valence-electron chi connectivity index (χ0n) is 9.67. The number of rotatable bonds is 1. The van der Waals surface area contributed by atoms with Gasteiger partial charge in [-0.25, -0.2) is 0 Å². The van der Waals surface area contributed by atoms with Crippen LogP contribution in [0.5, 0.6) is 0 Å². The number of fused-ring (bicyclic) bond motifs is 1. The monoisotopic (exact) mass is 230 g/mol. The molecule has 0 spiro atoms. The van der Waals surface area contributed by atoms with Crippen LogP contribution in [0.4, 0.5) is 0 Å². The molecular weight excluding hydrogens is 220 g/mol. The van der Waals surface area contributed by atoms with Crippen molar-refractivity contribution in [2.24, 2.45) is 0 Å². The van der Waals surface area contributed by atoms with E-state index in [1.807, 2.05) is 54.6 Å². The van der Waals surface area contributed by atoms with Gasteiger partial charge in [0.1, 0.15) is 0 Å². The topological polar surface area (TPSA) is 36.7 Å². The zero-order valence-corrected chi connectivity index (χ0v) is 9.67. The highest BCUT2D eigenvalue weighted by molar-refractivity contribution is 5.94. The van der Waals surface area contributed by atoms with E-state index >= 15 is 0 Å². The zero-order chi connectivity index (χ0) is 12.4. The maximum atomic E-state index is 9.18. The fraction of sp³-hybridized carbons (Fsp3) is 0. The van der Waals surface area contributed by atoms with Gasteiger partial charge in [0.15, 0.2) is 0 Å². The molecule has 1 aromatic heterocycles. The van der Waals surface area contributed by atoms with E-state index in [2.05, 4.69) is 11.1 Å². The molecule has 0 N–H and O–H groups in total. The van der Waals surface area contributed by atoms with Crippen molar-refractivity contribution in [2.45, 2.75) is 0 Å². The Morgan fingerprint density at radius 2 is 1.61 bits per heavy atom. The molecule has 0 aliphatic heterocycles. The standard InChI is InChI=1S/C16H10N2/c17-11-13-5-1-2-8-14(13)15-9-3-6-12-7-4-10-18-16(12)15/h1-10H. The first kappa shape index (κ1) is 10.5. The van der Waals surface area contributed by atoms with Crippen LogP contribution in [-0.4, -0.2) is 4.98 Å². The van der Waals surface area contributed by atoms with Gasteiger partial charge in [-0.05, 0) is 12.1 Å². The van der Waals surface area contributed by atoms with Crippen molar-refractivity contribution >= 4 is 10.9 Å². The second-order valence-electron chi connectivity index (χ2n) is 4.04. The molecule has 2 aromatic carbocycles. The number of pyridine rings is 1. The van der Waals surface area contributed by atoms with Crippen molar-refractivity contribution in [3.8, 4) is 17.2 Å². The van der Waals surface area contributed by atoms with Crippen molar-refractivity contribution < 1.29 is 0 Å². The molecule has 1 heterocycles. The molecule has 0 aliphatic rings. The molecule has 0 aliphatic carbocycles. The predicted molar refractivity (Wildman–Crippen MR) is 71.9 cm³/mol. The average molecular weight is 230 g/mol. The SMILES string of the molecule is N#Cc1ccccc1-c1cccc2cccnc12. The summed E-state index contributed by atoms with van der Waals surface area (Å²) in [4.78, 5) is 4.42. The summed E-state index contributed by atoms with van der Waals surface area (Å²) >= 11 is 0. The summed E-state index contributed by atoms with van der Waals surface area (Å²) in [5.41, 5.74) is 3.55. The minimum absolute atomic E-state index is 0.677. The highest BCUT2D eigenvalue weighted by Crippen LogP contribution is 2.29. The molecule has 0 atom stereocenters. The van der Waals surface area contributed by atoms with Gasteiger partial charge in [0.25, 0.3) is 0 Å². The molecule has 3 aromatic rings. The quantitative estimate of drug-likeness (QED) is 0.638. The van der Waals surface area contributed by atoms with Gasteiger partial charge in [0.2, 0.25) is 0 Å². The fourth-order valence-electron chi connectivity index (χ4n) is 2.14. The number of aromatic nitrogens is 1. The summed E-state index contributed by atoms with van der Waals surface area (Å²) in [5.74, 6) is 0. The smallest absolute Gasteiger partial charge is 0.0998 e. The Morgan fingerprint density at radius 1 is 0.833 bits per heavy atom. The number of hydrogen-bond acceptors (Lipinski definition) is 2. The van der Waals surface area contributed by atoms with E-state index < -0.39 is 0 Å². The third kappa shape index (κ3) is 1.63. The Balaban J connectivity index is 2.36.